The summed E-state index contributed by atoms with van der Waals surface area (Å²) in [4.78, 5) is 0. The lowest BCUT2D eigenvalue weighted by molar-refractivity contribution is 0.276. The van der Waals surface area contributed by atoms with Crippen LogP contribution >= 0.6 is 7.37 Å². The zero-order valence-electron chi connectivity index (χ0n) is 6.87. The first-order chi connectivity index (χ1) is 5.11. The van der Waals surface area contributed by atoms with E-state index < -0.39 is 7.37 Å². The van der Waals surface area contributed by atoms with Crippen molar-refractivity contribution in [3.8, 4) is 0 Å². The Morgan fingerprint density at radius 3 is 2.91 bits per heavy atom. The van der Waals surface area contributed by atoms with Gasteiger partial charge in [0.25, 0.3) is 0 Å². The maximum atomic E-state index is 11.8. The molecule has 2 saturated heterocycles. The predicted octanol–water partition coefficient (Wildman–Crippen LogP) is 1.82. The van der Waals surface area contributed by atoms with Crippen molar-refractivity contribution in [1.82, 2.24) is 0 Å². The van der Waals surface area contributed by atoms with Crippen LogP contribution in [0.4, 0.5) is 0 Å². The molecule has 2 heterocycles. The van der Waals surface area contributed by atoms with Crippen molar-refractivity contribution < 1.29 is 13.8 Å². The molecule has 0 N–H and O–H groups in total. The van der Waals surface area contributed by atoms with Crippen molar-refractivity contribution in [3.63, 3.8) is 0 Å². The summed E-state index contributed by atoms with van der Waals surface area (Å²) in [6.45, 7) is 4.42. The third-order valence-electron chi connectivity index (χ3n) is 2.47. The Kier molecular flexibility index (Phi) is 1.48. The first kappa shape index (κ1) is 7.78. The monoisotopic (exact) mass is 176 g/mol. The quantitative estimate of drug-likeness (QED) is 0.475. The lowest BCUT2D eigenvalue weighted by atomic mass is 10.1. The van der Waals surface area contributed by atoms with Crippen LogP contribution in [0.1, 0.15) is 20.3 Å². The normalized spacial score (nSPS) is 54.2. The van der Waals surface area contributed by atoms with Gasteiger partial charge in [0.05, 0.1) is 6.61 Å². The Bertz CT molecular complexity index is 222. The van der Waals surface area contributed by atoms with Crippen molar-refractivity contribution in [2.24, 2.45) is 0 Å². The molecule has 3 atom stereocenters. The third-order valence-corrected chi connectivity index (χ3v) is 5.38. The Labute approximate surface area is 66.5 Å². The Morgan fingerprint density at radius 1 is 1.82 bits per heavy atom. The maximum Gasteiger partial charge on any atom is 0.234 e. The zero-order chi connectivity index (χ0) is 8.11. The van der Waals surface area contributed by atoms with Gasteiger partial charge in [0, 0.05) is 6.16 Å². The van der Waals surface area contributed by atoms with Crippen LogP contribution in [0.5, 0.6) is 0 Å². The number of rotatable bonds is 2. The van der Waals surface area contributed by atoms with Crippen molar-refractivity contribution in [1.29, 1.82) is 0 Å². The highest BCUT2D eigenvalue weighted by Crippen LogP contribution is 2.72. The fourth-order valence-electron chi connectivity index (χ4n) is 1.75. The van der Waals surface area contributed by atoms with Crippen LogP contribution in [0.15, 0.2) is 0 Å². The summed E-state index contributed by atoms with van der Waals surface area (Å²) in [7, 11) is -2.37. The van der Waals surface area contributed by atoms with E-state index in [2.05, 4.69) is 0 Å². The maximum absolute atomic E-state index is 11.8. The van der Waals surface area contributed by atoms with Crippen molar-refractivity contribution in [2.75, 3.05) is 12.8 Å². The van der Waals surface area contributed by atoms with Crippen LogP contribution in [0, 0.1) is 0 Å². The molecule has 4 heteroatoms. The highest BCUT2D eigenvalue weighted by Gasteiger charge is 2.67. The summed E-state index contributed by atoms with van der Waals surface area (Å²) >= 11 is 0. The van der Waals surface area contributed by atoms with Crippen LogP contribution in [-0.4, -0.2) is 24.2 Å². The molecule has 3 unspecified atom stereocenters. The molecule has 2 aliphatic heterocycles. The van der Waals surface area contributed by atoms with Gasteiger partial charge in [-0.2, -0.15) is 0 Å². The van der Waals surface area contributed by atoms with Gasteiger partial charge in [0.1, 0.15) is 5.60 Å². The molecule has 0 aliphatic carbocycles. The van der Waals surface area contributed by atoms with Crippen molar-refractivity contribution >= 4 is 7.37 Å². The Hall–Kier alpha value is 0.150. The minimum absolute atomic E-state index is 0.0741. The summed E-state index contributed by atoms with van der Waals surface area (Å²) in [5, 5.41) is 0. The number of fused-ring (bicyclic) bond motifs is 1. The van der Waals surface area contributed by atoms with E-state index in [1.165, 1.54) is 0 Å². The van der Waals surface area contributed by atoms with E-state index in [0.717, 1.165) is 6.42 Å². The molecule has 11 heavy (non-hydrogen) atoms. The minimum Gasteiger partial charge on any atom is -0.356 e. The van der Waals surface area contributed by atoms with Gasteiger partial charge in [-0.15, -0.1) is 0 Å². The molecule has 2 fully saturated rings. The van der Waals surface area contributed by atoms with E-state index in [1.54, 1.807) is 0 Å². The molecule has 2 rings (SSSR count). The molecule has 0 aromatic rings. The standard InChI is InChI=1S/C7H13O3P/c1-3-9-11(8)5-4-7(2)6(11)10-7/h6H,3-5H2,1-2H3. The number of epoxide rings is 1. The van der Waals surface area contributed by atoms with E-state index in [-0.39, 0.29) is 11.4 Å². The molecule has 64 valence electrons. The lowest BCUT2D eigenvalue weighted by Crippen LogP contribution is -2.00. The molecule has 0 aromatic carbocycles. The van der Waals surface area contributed by atoms with E-state index in [9.17, 15) is 4.57 Å². The fourth-order valence-corrected chi connectivity index (χ4v) is 4.80. The number of hydrogen-bond acceptors (Lipinski definition) is 3. The van der Waals surface area contributed by atoms with E-state index in [0.29, 0.717) is 12.8 Å². The fraction of sp³-hybridized carbons (Fsp3) is 1.00. The average Bonchev–Trinajstić information content (AvgIpc) is 2.55. The second kappa shape index (κ2) is 2.09. The first-order valence-electron chi connectivity index (χ1n) is 4.02. The largest absolute Gasteiger partial charge is 0.356 e. The lowest BCUT2D eigenvalue weighted by Gasteiger charge is -2.10. The SMILES string of the molecule is CCOP1(=O)CCC2(C)OC21. The van der Waals surface area contributed by atoms with E-state index in [4.69, 9.17) is 9.26 Å². The molecule has 0 aromatic heterocycles. The smallest absolute Gasteiger partial charge is 0.234 e. The molecule has 0 saturated carbocycles. The van der Waals surface area contributed by atoms with E-state index in [1.807, 2.05) is 13.8 Å². The van der Waals surface area contributed by atoms with Crippen LogP contribution in [0.2, 0.25) is 0 Å². The summed E-state index contributed by atoms with van der Waals surface area (Å²) in [6, 6.07) is 0. The molecule has 2 aliphatic rings. The second-order valence-electron chi connectivity index (χ2n) is 3.40. The molecule has 0 radical (unpaired) electrons. The second-order valence-corrected chi connectivity index (χ2v) is 6.03. The summed E-state index contributed by atoms with van der Waals surface area (Å²) in [5.41, 5.74) is -0.0926. The highest BCUT2D eigenvalue weighted by atomic mass is 31.2. The highest BCUT2D eigenvalue weighted by molar-refractivity contribution is 7.60. The van der Waals surface area contributed by atoms with Gasteiger partial charge in [-0.05, 0) is 20.3 Å². The van der Waals surface area contributed by atoms with Crippen molar-refractivity contribution in [2.45, 2.75) is 31.7 Å². The molecular weight excluding hydrogens is 163 g/mol. The molecule has 0 amide bonds. The molecule has 0 bridgehead atoms. The summed E-state index contributed by atoms with van der Waals surface area (Å²) in [5.74, 6) is -0.0741. The minimum atomic E-state index is -2.37. The first-order valence-corrected chi connectivity index (χ1v) is 5.90. The predicted molar refractivity (Wildman–Crippen MR) is 42.0 cm³/mol. The van der Waals surface area contributed by atoms with Gasteiger partial charge in [-0.25, -0.2) is 0 Å². The molecular formula is C7H13O3P. The topological polar surface area (TPSA) is 38.8 Å². The van der Waals surface area contributed by atoms with Crippen LogP contribution in [-0.2, 0) is 13.8 Å². The van der Waals surface area contributed by atoms with Gasteiger partial charge in [-0.1, -0.05) is 0 Å². The zero-order valence-corrected chi connectivity index (χ0v) is 7.77. The number of ether oxygens (including phenoxy) is 1. The van der Waals surface area contributed by atoms with Gasteiger partial charge >= 0.3 is 0 Å². The Morgan fingerprint density at radius 2 is 2.55 bits per heavy atom. The van der Waals surface area contributed by atoms with Gasteiger partial charge < -0.3 is 9.26 Å². The van der Waals surface area contributed by atoms with E-state index >= 15 is 0 Å². The summed E-state index contributed by atoms with van der Waals surface area (Å²) < 4.78 is 22.4. The van der Waals surface area contributed by atoms with Crippen molar-refractivity contribution in [3.05, 3.63) is 0 Å². The van der Waals surface area contributed by atoms with Crippen LogP contribution in [0.3, 0.4) is 0 Å². The molecule has 3 nitrogen and oxygen atoms in total. The summed E-state index contributed by atoms with van der Waals surface area (Å²) in [6.07, 6.45) is 1.61. The van der Waals surface area contributed by atoms with Gasteiger partial charge in [0.2, 0.25) is 7.37 Å². The third kappa shape index (κ3) is 0.986. The Balaban J connectivity index is 2.13. The van der Waals surface area contributed by atoms with Crippen LogP contribution < -0.4 is 0 Å². The molecule has 0 spiro atoms. The van der Waals surface area contributed by atoms with Gasteiger partial charge in [-0.3, -0.25) is 4.57 Å². The van der Waals surface area contributed by atoms with Gasteiger partial charge in [0.15, 0.2) is 5.85 Å². The average molecular weight is 176 g/mol. The van der Waals surface area contributed by atoms with Crippen LogP contribution in [0.25, 0.3) is 0 Å². The number of hydrogen-bond donors (Lipinski definition) is 0.